The monoisotopic (exact) mass is 622 g/mol. The van der Waals surface area contributed by atoms with E-state index in [1.54, 1.807) is 0 Å². The molecule has 0 radical (unpaired) electrons. The van der Waals surface area contributed by atoms with Crippen molar-refractivity contribution in [2.45, 2.75) is 44.0 Å². The fraction of sp³-hybridized carbons (Fsp3) is 0.379. The molecule has 2 N–H and O–H groups in total. The third-order valence-electron chi connectivity index (χ3n) is 6.78. The molecule has 3 aromatic rings. The van der Waals surface area contributed by atoms with E-state index in [-0.39, 0.29) is 45.9 Å². The van der Waals surface area contributed by atoms with Crippen LogP contribution >= 0.6 is 11.6 Å². The first-order valence-corrected chi connectivity index (χ1v) is 13.8. The molecule has 14 heteroatoms. The maximum absolute atomic E-state index is 13.6. The lowest BCUT2D eigenvalue weighted by molar-refractivity contribution is -0.153. The van der Waals surface area contributed by atoms with E-state index in [0.717, 1.165) is 18.9 Å². The van der Waals surface area contributed by atoms with E-state index >= 15 is 0 Å². The van der Waals surface area contributed by atoms with Gasteiger partial charge in [-0.25, -0.2) is 4.98 Å². The average molecular weight is 623 g/mol. The van der Waals surface area contributed by atoms with Crippen molar-refractivity contribution in [3.8, 4) is 22.6 Å². The number of hydrogen-bond acceptors (Lipinski definition) is 7. The zero-order chi connectivity index (χ0) is 31.1. The highest BCUT2D eigenvalue weighted by atomic mass is 35.5. The number of ether oxygens (including phenoxy) is 3. The van der Waals surface area contributed by atoms with Crippen molar-refractivity contribution < 1.29 is 37.0 Å². The number of hydrogen-bond donors (Lipinski definition) is 2. The zero-order valence-corrected chi connectivity index (χ0v) is 24.1. The quantitative estimate of drug-likeness (QED) is 0.326. The Kier molecular flexibility index (Phi) is 10.3. The SMILES string of the molecule is CNC(=O)c1ccc(NC(=O)C(C[C@@H]2CCCCO2)n2cc(OC)c(-c3cc(Cl)ccc3OCC(F)(F)F)cc2=O)cn1. The van der Waals surface area contributed by atoms with Gasteiger partial charge in [0, 0.05) is 42.3 Å². The number of nitrogens with zero attached hydrogens (tertiary/aromatic N) is 2. The molecular weight excluding hydrogens is 593 g/mol. The topological polar surface area (TPSA) is 121 Å². The van der Waals surface area contributed by atoms with Crippen LogP contribution in [0.4, 0.5) is 18.9 Å². The van der Waals surface area contributed by atoms with Crippen LogP contribution in [-0.4, -0.2) is 61.0 Å². The molecule has 10 nitrogen and oxygen atoms in total. The summed E-state index contributed by atoms with van der Waals surface area (Å²) in [5.41, 5.74) is 0.0712. The maximum atomic E-state index is 13.6. The molecule has 0 aliphatic carbocycles. The Hall–Kier alpha value is -4.10. The number of nitrogens with one attached hydrogen (secondary N) is 2. The number of aromatic nitrogens is 2. The van der Waals surface area contributed by atoms with E-state index in [1.807, 2.05) is 0 Å². The van der Waals surface area contributed by atoms with Gasteiger partial charge in [0.25, 0.3) is 11.5 Å². The van der Waals surface area contributed by atoms with Crippen LogP contribution in [0.25, 0.3) is 11.1 Å². The number of alkyl halides is 3. The van der Waals surface area contributed by atoms with Crippen molar-refractivity contribution in [3.05, 3.63) is 69.9 Å². The standard InChI is InChI=1S/C29H30ClF3N4O6/c1-34-27(39)22-8-7-18(14-35-22)36-28(40)23(12-19-5-3-4-10-42-19)37-15-25(41-2)21(13-26(37)38)20-11-17(30)6-9-24(20)43-16-29(31,32)33/h6-9,11,13-15,19,23H,3-5,10,12,16H2,1-2H3,(H,34,39)(H,36,40)/t19-,23?/m0/s1. The number of methoxy groups -OCH3 is 1. The molecule has 0 spiro atoms. The second-order valence-corrected chi connectivity index (χ2v) is 10.2. The number of benzene rings is 1. The Morgan fingerprint density at radius 1 is 1.16 bits per heavy atom. The third kappa shape index (κ3) is 8.26. The fourth-order valence-corrected chi connectivity index (χ4v) is 4.86. The van der Waals surface area contributed by atoms with E-state index in [9.17, 15) is 27.6 Å². The Balaban J connectivity index is 1.71. The van der Waals surface area contributed by atoms with Gasteiger partial charge >= 0.3 is 6.18 Å². The summed E-state index contributed by atoms with van der Waals surface area (Å²) in [6.07, 6.45) is 0.398. The molecule has 4 rings (SSSR count). The molecule has 1 saturated heterocycles. The number of carbonyl (C=O) groups excluding carboxylic acids is 2. The molecular formula is C29H30ClF3N4O6. The molecule has 2 amide bonds. The van der Waals surface area contributed by atoms with Crippen LogP contribution in [0.15, 0.2) is 53.6 Å². The summed E-state index contributed by atoms with van der Waals surface area (Å²) in [6.45, 7) is -1.03. The second-order valence-electron chi connectivity index (χ2n) is 9.79. The Morgan fingerprint density at radius 2 is 1.93 bits per heavy atom. The minimum atomic E-state index is -4.59. The fourth-order valence-electron chi connectivity index (χ4n) is 4.69. The van der Waals surface area contributed by atoms with E-state index in [1.165, 1.54) is 61.5 Å². The summed E-state index contributed by atoms with van der Waals surface area (Å²) in [6, 6.07) is 7.06. The van der Waals surface area contributed by atoms with E-state index in [0.29, 0.717) is 18.7 Å². The highest BCUT2D eigenvalue weighted by molar-refractivity contribution is 6.31. The molecule has 3 heterocycles. The minimum Gasteiger partial charge on any atom is -0.495 e. The van der Waals surface area contributed by atoms with E-state index in [4.69, 9.17) is 25.8 Å². The molecule has 1 aliphatic rings. The predicted molar refractivity (Wildman–Crippen MR) is 153 cm³/mol. The smallest absolute Gasteiger partial charge is 0.422 e. The van der Waals surface area contributed by atoms with Gasteiger partial charge in [0.15, 0.2) is 6.61 Å². The molecule has 0 saturated carbocycles. The summed E-state index contributed by atoms with van der Waals surface area (Å²) >= 11 is 6.14. The van der Waals surface area contributed by atoms with Gasteiger partial charge in [-0.1, -0.05) is 11.6 Å². The van der Waals surface area contributed by atoms with Crippen molar-refractivity contribution in [3.63, 3.8) is 0 Å². The van der Waals surface area contributed by atoms with E-state index in [2.05, 4.69) is 15.6 Å². The average Bonchev–Trinajstić information content (AvgIpc) is 2.99. The number of rotatable bonds is 10. The first kappa shape index (κ1) is 31.8. The van der Waals surface area contributed by atoms with Crippen molar-refractivity contribution in [1.82, 2.24) is 14.9 Å². The van der Waals surface area contributed by atoms with Gasteiger partial charge in [-0.3, -0.25) is 19.0 Å². The molecule has 0 bridgehead atoms. The summed E-state index contributed by atoms with van der Waals surface area (Å²) < 4.78 is 56.3. The summed E-state index contributed by atoms with van der Waals surface area (Å²) in [4.78, 5) is 43.1. The number of halogens is 4. The minimum absolute atomic E-state index is 0.0951. The summed E-state index contributed by atoms with van der Waals surface area (Å²) in [5, 5.41) is 5.40. The predicted octanol–water partition coefficient (Wildman–Crippen LogP) is 5.01. The van der Waals surface area contributed by atoms with Crippen molar-refractivity contribution in [2.75, 3.05) is 32.7 Å². The van der Waals surface area contributed by atoms with Crippen LogP contribution in [0.5, 0.6) is 11.5 Å². The molecule has 230 valence electrons. The highest BCUT2D eigenvalue weighted by Gasteiger charge is 2.31. The second kappa shape index (κ2) is 13.9. The number of amides is 2. The summed E-state index contributed by atoms with van der Waals surface area (Å²) in [5.74, 6) is -0.999. The highest BCUT2D eigenvalue weighted by Crippen LogP contribution is 2.38. The van der Waals surface area contributed by atoms with Gasteiger partial charge in [-0.2, -0.15) is 13.2 Å². The largest absolute Gasteiger partial charge is 0.495 e. The van der Waals surface area contributed by atoms with Crippen LogP contribution in [0.3, 0.4) is 0 Å². The van der Waals surface area contributed by atoms with Crippen LogP contribution < -0.4 is 25.7 Å². The first-order valence-electron chi connectivity index (χ1n) is 13.4. The van der Waals surface area contributed by atoms with Crippen LogP contribution in [-0.2, 0) is 9.53 Å². The lowest BCUT2D eigenvalue weighted by Gasteiger charge is -2.28. The van der Waals surface area contributed by atoms with Gasteiger partial charge < -0.3 is 24.8 Å². The van der Waals surface area contributed by atoms with Gasteiger partial charge in [0.05, 0.1) is 31.3 Å². The number of pyridine rings is 2. The van der Waals surface area contributed by atoms with Crippen molar-refractivity contribution in [2.24, 2.45) is 0 Å². The van der Waals surface area contributed by atoms with Gasteiger partial charge in [0.1, 0.15) is 23.2 Å². The third-order valence-corrected chi connectivity index (χ3v) is 7.01. The maximum Gasteiger partial charge on any atom is 0.422 e. The normalized spacial score (nSPS) is 15.8. The molecule has 2 atom stereocenters. The zero-order valence-electron chi connectivity index (χ0n) is 23.4. The van der Waals surface area contributed by atoms with Crippen LogP contribution in [0.1, 0.15) is 42.2 Å². The van der Waals surface area contributed by atoms with Crippen molar-refractivity contribution >= 4 is 29.1 Å². The van der Waals surface area contributed by atoms with Crippen molar-refractivity contribution in [1.29, 1.82) is 0 Å². The molecule has 1 aromatic carbocycles. The number of anilines is 1. The molecule has 1 unspecified atom stereocenters. The molecule has 43 heavy (non-hydrogen) atoms. The molecule has 1 aliphatic heterocycles. The Labute approximate surface area is 250 Å². The van der Waals surface area contributed by atoms with Crippen LogP contribution in [0, 0.1) is 0 Å². The number of carbonyl (C=O) groups is 2. The van der Waals surface area contributed by atoms with Gasteiger partial charge in [-0.05, 0) is 49.6 Å². The van der Waals surface area contributed by atoms with Gasteiger partial charge in [-0.15, -0.1) is 0 Å². The Bertz CT molecular complexity index is 1510. The first-order chi connectivity index (χ1) is 20.5. The van der Waals surface area contributed by atoms with E-state index < -0.39 is 36.2 Å². The lowest BCUT2D eigenvalue weighted by Crippen LogP contribution is -2.36. The van der Waals surface area contributed by atoms with Crippen LogP contribution in [0.2, 0.25) is 5.02 Å². The van der Waals surface area contributed by atoms with Gasteiger partial charge in [0.2, 0.25) is 5.91 Å². The molecule has 1 fully saturated rings. The Morgan fingerprint density at radius 3 is 2.56 bits per heavy atom. The summed E-state index contributed by atoms with van der Waals surface area (Å²) in [7, 11) is 2.80. The molecule has 2 aromatic heterocycles. The lowest BCUT2D eigenvalue weighted by atomic mass is 10.00.